The van der Waals surface area contributed by atoms with Crippen LogP contribution in [0.2, 0.25) is 0 Å². The van der Waals surface area contributed by atoms with Crippen LogP contribution in [0, 0.1) is 6.92 Å². The number of allylic oxidation sites excluding steroid dienone is 1. The number of aromatic nitrogens is 1. The molecule has 0 saturated carbocycles. The molecule has 0 bridgehead atoms. The first-order valence-corrected chi connectivity index (χ1v) is 4.58. The van der Waals surface area contributed by atoms with Crippen LogP contribution >= 0.6 is 0 Å². The molecule has 4 heteroatoms. The predicted octanol–water partition coefficient (Wildman–Crippen LogP) is 3.83. The predicted molar refractivity (Wildman–Crippen MR) is 53.3 cm³/mol. The van der Waals surface area contributed by atoms with Crippen molar-refractivity contribution in [2.75, 3.05) is 0 Å². The Morgan fingerprint density at radius 3 is 2.53 bits per heavy atom. The van der Waals surface area contributed by atoms with Crippen molar-refractivity contribution in [2.45, 2.75) is 26.4 Å². The lowest BCUT2D eigenvalue weighted by Gasteiger charge is -2.11. The monoisotopic (exact) mass is 215 g/mol. The summed E-state index contributed by atoms with van der Waals surface area (Å²) in [4.78, 5) is 3.36. The number of hydrogen-bond acceptors (Lipinski definition) is 1. The van der Waals surface area contributed by atoms with Gasteiger partial charge in [0.1, 0.15) is 5.69 Å². The van der Waals surface area contributed by atoms with E-state index in [0.717, 1.165) is 11.6 Å². The van der Waals surface area contributed by atoms with Crippen molar-refractivity contribution in [1.82, 2.24) is 4.98 Å². The molecule has 0 saturated heterocycles. The Hall–Kier alpha value is -1.32. The number of pyridine rings is 1. The zero-order chi connectivity index (χ0) is 11.6. The van der Waals surface area contributed by atoms with Crippen molar-refractivity contribution in [3.05, 3.63) is 35.7 Å². The molecule has 0 spiro atoms. The van der Waals surface area contributed by atoms with Gasteiger partial charge in [0.25, 0.3) is 0 Å². The van der Waals surface area contributed by atoms with Crippen LogP contribution in [0.3, 0.4) is 0 Å². The Bertz CT molecular complexity index is 380. The zero-order valence-corrected chi connectivity index (χ0v) is 8.65. The molecule has 0 atom stereocenters. The first kappa shape index (κ1) is 11.8. The summed E-state index contributed by atoms with van der Waals surface area (Å²) in [6.45, 7) is 7.31. The van der Waals surface area contributed by atoms with Crippen molar-refractivity contribution in [2.24, 2.45) is 0 Å². The zero-order valence-electron chi connectivity index (χ0n) is 8.65. The molecule has 0 unspecified atom stereocenters. The first-order valence-electron chi connectivity index (χ1n) is 4.58. The highest BCUT2D eigenvalue weighted by Crippen LogP contribution is 2.30. The maximum absolute atomic E-state index is 12.4. The highest BCUT2D eigenvalue weighted by atomic mass is 19.4. The molecule has 0 N–H and O–H groups in total. The topological polar surface area (TPSA) is 12.9 Å². The van der Waals surface area contributed by atoms with Crippen LogP contribution in [-0.4, -0.2) is 4.98 Å². The second kappa shape index (κ2) is 4.04. The molecule has 0 fully saturated rings. The highest BCUT2D eigenvalue weighted by Gasteiger charge is 2.32. The van der Waals surface area contributed by atoms with E-state index in [4.69, 9.17) is 0 Å². The first-order chi connectivity index (χ1) is 6.86. The highest BCUT2D eigenvalue weighted by molar-refractivity contribution is 5.65. The van der Waals surface area contributed by atoms with Gasteiger partial charge in [0.05, 0.1) is 0 Å². The van der Waals surface area contributed by atoms with Gasteiger partial charge in [0, 0.05) is 6.20 Å². The van der Waals surface area contributed by atoms with Gasteiger partial charge in [0.2, 0.25) is 0 Å². The lowest BCUT2D eigenvalue weighted by molar-refractivity contribution is -0.141. The van der Waals surface area contributed by atoms with E-state index in [1.165, 1.54) is 6.20 Å². The quantitative estimate of drug-likeness (QED) is 0.730. The summed E-state index contributed by atoms with van der Waals surface area (Å²) < 4.78 is 37.1. The Labute approximate surface area is 86.6 Å². The van der Waals surface area contributed by atoms with Gasteiger partial charge in [-0.15, -0.1) is 0 Å². The molecule has 1 aromatic heterocycles. The molecule has 0 aliphatic rings. The van der Waals surface area contributed by atoms with Gasteiger partial charge in [-0.05, 0) is 36.1 Å². The molecular weight excluding hydrogens is 203 g/mol. The van der Waals surface area contributed by atoms with Crippen molar-refractivity contribution in [1.29, 1.82) is 0 Å². The third kappa shape index (κ3) is 2.58. The summed E-state index contributed by atoms with van der Waals surface area (Å²) in [6.07, 6.45) is -2.53. The largest absolute Gasteiger partial charge is 0.433 e. The molecule has 1 rings (SSSR count). The van der Waals surface area contributed by atoms with Crippen LogP contribution < -0.4 is 0 Å². The Kier molecular flexibility index (Phi) is 3.17. The fourth-order valence-electron chi connectivity index (χ4n) is 1.25. The van der Waals surface area contributed by atoms with Crippen LogP contribution in [-0.2, 0) is 6.18 Å². The average molecular weight is 215 g/mol. The molecule has 0 radical (unpaired) electrons. The van der Waals surface area contributed by atoms with E-state index in [0.29, 0.717) is 17.6 Å². The van der Waals surface area contributed by atoms with Crippen LogP contribution in [0.5, 0.6) is 0 Å². The number of nitrogens with zero attached hydrogens (tertiary/aromatic N) is 1. The minimum absolute atomic E-state index is 0.542. The molecule has 1 aromatic rings. The fourth-order valence-corrected chi connectivity index (χ4v) is 1.25. The fraction of sp³-hybridized carbons (Fsp3) is 0.364. The van der Waals surface area contributed by atoms with E-state index in [1.807, 2.05) is 6.92 Å². The van der Waals surface area contributed by atoms with E-state index in [-0.39, 0.29) is 0 Å². The molecule has 0 amide bonds. The molecule has 0 aliphatic heterocycles. The number of halogens is 3. The van der Waals surface area contributed by atoms with Crippen molar-refractivity contribution < 1.29 is 13.2 Å². The average Bonchev–Trinajstić information content (AvgIpc) is 2.15. The number of alkyl halides is 3. The lowest BCUT2D eigenvalue weighted by atomic mass is 10.0. The summed E-state index contributed by atoms with van der Waals surface area (Å²) in [5, 5.41) is 0. The molecule has 0 aromatic carbocycles. The van der Waals surface area contributed by atoms with Crippen molar-refractivity contribution >= 4 is 5.57 Å². The third-order valence-electron chi connectivity index (χ3n) is 2.20. The third-order valence-corrected chi connectivity index (χ3v) is 2.20. The summed E-state index contributed by atoms with van der Waals surface area (Å²) in [5.41, 5.74) is 1.09. The Balaban J connectivity index is 3.23. The number of aryl methyl sites for hydroxylation is 1. The van der Waals surface area contributed by atoms with E-state index < -0.39 is 11.9 Å². The van der Waals surface area contributed by atoms with Crippen molar-refractivity contribution in [3.8, 4) is 0 Å². The second-order valence-corrected chi connectivity index (χ2v) is 3.34. The van der Waals surface area contributed by atoms with Gasteiger partial charge in [-0.2, -0.15) is 13.2 Å². The maximum Gasteiger partial charge on any atom is 0.433 e. The van der Waals surface area contributed by atoms with Gasteiger partial charge in [-0.3, -0.25) is 4.98 Å². The van der Waals surface area contributed by atoms with Gasteiger partial charge in [0.15, 0.2) is 0 Å². The minimum Gasteiger partial charge on any atom is -0.251 e. The summed E-state index contributed by atoms with van der Waals surface area (Å²) in [5.74, 6) is 0. The van der Waals surface area contributed by atoms with E-state index in [1.54, 1.807) is 6.92 Å². The van der Waals surface area contributed by atoms with Crippen LogP contribution in [0.15, 0.2) is 18.8 Å². The number of rotatable bonds is 2. The van der Waals surface area contributed by atoms with Crippen LogP contribution in [0.1, 0.15) is 30.2 Å². The van der Waals surface area contributed by atoms with Gasteiger partial charge in [-0.1, -0.05) is 13.5 Å². The van der Waals surface area contributed by atoms with Gasteiger partial charge < -0.3 is 0 Å². The molecule has 0 aliphatic carbocycles. The molecule has 1 nitrogen and oxygen atoms in total. The van der Waals surface area contributed by atoms with Gasteiger partial charge in [-0.25, -0.2) is 0 Å². The molecule has 82 valence electrons. The van der Waals surface area contributed by atoms with E-state index >= 15 is 0 Å². The van der Waals surface area contributed by atoms with E-state index in [9.17, 15) is 13.2 Å². The summed E-state index contributed by atoms with van der Waals surface area (Å²) in [6, 6.07) is 1.06. The van der Waals surface area contributed by atoms with Crippen LogP contribution in [0.4, 0.5) is 13.2 Å². The SMILES string of the molecule is C=C(CC)c1cc(C(F)(F)F)ncc1C. The lowest BCUT2D eigenvalue weighted by Crippen LogP contribution is -2.09. The smallest absolute Gasteiger partial charge is 0.251 e. The Morgan fingerprint density at radius 1 is 1.47 bits per heavy atom. The van der Waals surface area contributed by atoms with Gasteiger partial charge >= 0.3 is 6.18 Å². The number of hydrogen-bond donors (Lipinski definition) is 0. The normalized spacial score (nSPS) is 11.5. The van der Waals surface area contributed by atoms with Crippen molar-refractivity contribution in [3.63, 3.8) is 0 Å². The second-order valence-electron chi connectivity index (χ2n) is 3.34. The summed E-state index contributed by atoms with van der Waals surface area (Å²) in [7, 11) is 0. The maximum atomic E-state index is 12.4. The summed E-state index contributed by atoms with van der Waals surface area (Å²) >= 11 is 0. The van der Waals surface area contributed by atoms with Crippen LogP contribution in [0.25, 0.3) is 5.57 Å². The molecule has 1 heterocycles. The molecular formula is C11H12F3N. The minimum atomic E-state index is -4.39. The Morgan fingerprint density at radius 2 is 2.07 bits per heavy atom. The van der Waals surface area contributed by atoms with E-state index in [2.05, 4.69) is 11.6 Å². The standard InChI is InChI=1S/C11H12F3N/c1-4-7(2)9-5-10(11(12,13)14)15-6-8(9)3/h5-6H,2,4H2,1,3H3. The molecule has 15 heavy (non-hydrogen) atoms.